The first-order chi connectivity index (χ1) is 12.3. The summed E-state index contributed by atoms with van der Waals surface area (Å²) in [4.78, 5) is 17.4. The third-order valence-electron chi connectivity index (χ3n) is 3.94. The van der Waals surface area contributed by atoms with Gasteiger partial charge < -0.3 is 9.64 Å². The molecular weight excluding hydrogens is 395 g/mol. The van der Waals surface area contributed by atoms with E-state index in [1.54, 1.807) is 25.1 Å². The maximum Gasteiger partial charge on any atom is 0.262 e. The maximum absolute atomic E-state index is 11.1. The van der Waals surface area contributed by atoms with Crippen LogP contribution in [0.25, 0.3) is 10.8 Å². The number of ether oxygens (including phenoxy) is 1. The lowest BCUT2D eigenvalue weighted by Crippen LogP contribution is -2.19. The lowest BCUT2D eigenvalue weighted by atomic mass is 10.1. The van der Waals surface area contributed by atoms with E-state index in [4.69, 9.17) is 39.5 Å². The summed E-state index contributed by atoms with van der Waals surface area (Å²) in [6.45, 7) is 1.60. The van der Waals surface area contributed by atoms with Crippen molar-refractivity contribution < 1.29 is 9.53 Å². The average molecular weight is 410 g/mol. The Morgan fingerprint density at radius 3 is 2.46 bits per heavy atom. The van der Waals surface area contributed by atoms with E-state index in [1.807, 2.05) is 42.3 Å². The second-order valence-electron chi connectivity index (χ2n) is 5.75. The zero-order valence-corrected chi connectivity index (χ0v) is 16.3. The van der Waals surface area contributed by atoms with Crippen molar-refractivity contribution in [2.24, 2.45) is 0 Å². The number of rotatable bonds is 5. The number of aromatic nitrogens is 1. The summed E-state index contributed by atoms with van der Waals surface area (Å²) in [6.07, 6.45) is -0.701. The van der Waals surface area contributed by atoms with Crippen molar-refractivity contribution in [2.45, 2.75) is 13.0 Å². The molecule has 0 fully saturated rings. The fraction of sp³-hybridized carbons (Fsp3) is 0.158. The minimum atomic E-state index is -0.701. The molecule has 0 bridgehead atoms. The number of carbonyl (C=O) groups is 1. The normalized spacial score (nSPS) is 12.0. The SMILES string of the molecule is CC(Oc1ccc(N(C)c2cc3ccc(Cl)cc3c(Cl)n2)cc1)C(=O)Cl. The first-order valence-electron chi connectivity index (χ1n) is 7.81. The molecule has 0 spiro atoms. The van der Waals surface area contributed by atoms with Gasteiger partial charge in [0.15, 0.2) is 6.10 Å². The van der Waals surface area contributed by atoms with E-state index < -0.39 is 11.3 Å². The topological polar surface area (TPSA) is 42.4 Å². The molecule has 1 unspecified atom stereocenters. The molecule has 0 saturated carbocycles. The number of hydrogen-bond donors (Lipinski definition) is 0. The Bertz CT molecular complexity index is 961. The second kappa shape index (κ2) is 7.70. The average Bonchev–Trinajstić information content (AvgIpc) is 2.62. The summed E-state index contributed by atoms with van der Waals surface area (Å²) >= 11 is 17.7. The zero-order chi connectivity index (χ0) is 18.8. The van der Waals surface area contributed by atoms with Crippen molar-refractivity contribution in [2.75, 3.05) is 11.9 Å². The van der Waals surface area contributed by atoms with Gasteiger partial charge in [0.05, 0.1) is 0 Å². The van der Waals surface area contributed by atoms with Crippen molar-refractivity contribution in [1.82, 2.24) is 4.98 Å². The minimum absolute atomic E-state index is 0.390. The van der Waals surface area contributed by atoms with E-state index in [2.05, 4.69) is 4.98 Å². The number of nitrogens with zero attached hydrogens (tertiary/aromatic N) is 2. The van der Waals surface area contributed by atoms with E-state index in [1.165, 1.54) is 0 Å². The van der Waals surface area contributed by atoms with Crippen molar-refractivity contribution in [3.63, 3.8) is 0 Å². The Balaban J connectivity index is 1.87. The molecule has 0 N–H and O–H groups in total. The highest BCUT2D eigenvalue weighted by atomic mass is 35.5. The second-order valence-corrected chi connectivity index (χ2v) is 6.92. The van der Waals surface area contributed by atoms with Gasteiger partial charge in [0.1, 0.15) is 16.7 Å². The van der Waals surface area contributed by atoms with Crippen LogP contribution in [0.5, 0.6) is 5.75 Å². The quantitative estimate of drug-likeness (QED) is 0.392. The van der Waals surface area contributed by atoms with Crippen LogP contribution in [0.3, 0.4) is 0 Å². The van der Waals surface area contributed by atoms with Crippen molar-refractivity contribution in [3.05, 3.63) is 58.7 Å². The third-order valence-corrected chi connectivity index (χ3v) is 4.77. The molecule has 0 aliphatic carbocycles. The standard InChI is InChI=1S/C19H15Cl3N2O2/c1-11(19(22)25)26-15-7-5-14(6-8-15)24(2)17-9-12-3-4-13(20)10-16(12)18(21)23-17/h3-11H,1-2H3. The fourth-order valence-electron chi connectivity index (χ4n) is 2.47. The lowest BCUT2D eigenvalue weighted by Gasteiger charge is -2.20. The molecule has 0 aliphatic rings. The molecule has 4 nitrogen and oxygen atoms in total. The highest BCUT2D eigenvalue weighted by Gasteiger charge is 2.13. The first kappa shape index (κ1) is 18.8. The Morgan fingerprint density at radius 1 is 1.12 bits per heavy atom. The summed E-state index contributed by atoms with van der Waals surface area (Å²) < 4.78 is 5.45. The molecule has 7 heteroatoms. The van der Waals surface area contributed by atoms with E-state index >= 15 is 0 Å². The van der Waals surface area contributed by atoms with Gasteiger partial charge >= 0.3 is 0 Å². The summed E-state index contributed by atoms with van der Waals surface area (Å²) in [5.74, 6) is 1.26. The highest BCUT2D eigenvalue weighted by Crippen LogP contribution is 2.31. The Labute approximate surface area is 166 Å². The first-order valence-corrected chi connectivity index (χ1v) is 8.94. The number of hydrogen-bond acceptors (Lipinski definition) is 4. The minimum Gasteiger partial charge on any atom is -0.482 e. The summed E-state index contributed by atoms with van der Waals surface area (Å²) in [5.41, 5.74) is 0.888. The van der Waals surface area contributed by atoms with Crippen LogP contribution in [0.2, 0.25) is 10.2 Å². The van der Waals surface area contributed by atoms with E-state index in [-0.39, 0.29) is 0 Å². The highest BCUT2D eigenvalue weighted by molar-refractivity contribution is 6.64. The molecule has 3 aromatic rings. The molecule has 1 aromatic heterocycles. The van der Waals surface area contributed by atoms with Crippen LogP contribution in [0.4, 0.5) is 11.5 Å². The fourth-order valence-corrected chi connectivity index (χ4v) is 2.93. The van der Waals surface area contributed by atoms with Gasteiger partial charge in [-0.15, -0.1) is 0 Å². The van der Waals surface area contributed by atoms with Gasteiger partial charge in [-0.2, -0.15) is 0 Å². The Hall–Kier alpha value is -2.01. The summed E-state index contributed by atoms with van der Waals surface area (Å²) in [6, 6.07) is 14.7. The molecule has 1 heterocycles. The summed E-state index contributed by atoms with van der Waals surface area (Å²) in [5, 5.41) is 2.22. The number of halogens is 3. The monoisotopic (exact) mass is 408 g/mol. The molecule has 1 atom stereocenters. The van der Waals surface area contributed by atoms with Crippen LogP contribution in [-0.2, 0) is 4.79 Å². The Kier molecular flexibility index (Phi) is 5.56. The van der Waals surface area contributed by atoms with Crippen LogP contribution in [0.15, 0.2) is 48.5 Å². The molecule has 0 radical (unpaired) electrons. The zero-order valence-electron chi connectivity index (χ0n) is 14.0. The predicted octanol–water partition coefficient (Wildman–Crippen LogP) is 5.84. The van der Waals surface area contributed by atoms with Gasteiger partial charge in [0.25, 0.3) is 5.24 Å². The van der Waals surface area contributed by atoms with E-state index in [0.29, 0.717) is 21.7 Å². The van der Waals surface area contributed by atoms with Gasteiger partial charge in [-0.25, -0.2) is 4.98 Å². The van der Waals surface area contributed by atoms with Crippen LogP contribution < -0.4 is 9.64 Å². The van der Waals surface area contributed by atoms with Crippen LogP contribution in [0, 0.1) is 0 Å². The molecule has 0 saturated heterocycles. The number of fused-ring (bicyclic) bond motifs is 1. The van der Waals surface area contributed by atoms with E-state index in [9.17, 15) is 4.79 Å². The van der Waals surface area contributed by atoms with Gasteiger partial charge in [0.2, 0.25) is 0 Å². The number of carbonyl (C=O) groups excluding carboxylic acids is 1. The maximum atomic E-state index is 11.1. The van der Waals surface area contributed by atoms with Crippen molar-refractivity contribution in [3.8, 4) is 5.75 Å². The van der Waals surface area contributed by atoms with Gasteiger partial charge in [-0.3, -0.25) is 4.79 Å². The molecular formula is C19H15Cl3N2O2. The molecule has 26 heavy (non-hydrogen) atoms. The van der Waals surface area contributed by atoms with Gasteiger partial charge in [0, 0.05) is 23.1 Å². The molecule has 3 rings (SSSR count). The Morgan fingerprint density at radius 2 is 1.81 bits per heavy atom. The third kappa shape index (κ3) is 4.04. The van der Waals surface area contributed by atoms with E-state index in [0.717, 1.165) is 16.5 Å². The van der Waals surface area contributed by atoms with Crippen LogP contribution in [-0.4, -0.2) is 23.4 Å². The van der Waals surface area contributed by atoms with Crippen LogP contribution >= 0.6 is 34.8 Å². The number of benzene rings is 2. The lowest BCUT2D eigenvalue weighted by molar-refractivity contribution is -0.117. The van der Waals surface area contributed by atoms with Crippen molar-refractivity contribution in [1.29, 1.82) is 0 Å². The van der Waals surface area contributed by atoms with Gasteiger partial charge in [-0.1, -0.05) is 29.3 Å². The van der Waals surface area contributed by atoms with Gasteiger partial charge in [-0.05, 0) is 66.4 Å². The van der Waals surface area contributed by atoms with Crippen LogP contribution in [0.1, 0.15) is 6.92 Å². The molecule has 0 aliphatic heterocycles. The molecule has 2 aromatic carbocycles. The van der Waals surface area contributed by atoms with Crippen molar-refractivity contribution >= 4 is 62.3 Å². The largest absolute Gasteiger partial charge is 0.482 e. The summed E-state index contributed by atoms with van der Waals surface area (Å²) in [7, 11) is 1.89. The molecule has 0 amide bonds. The molecule has 134 valence electrons. The number of anilines is 2. The predicted molar refractivity (Wildman–Crippen MR) is 107 cm³/mol. The number of pyridine rings is 1. The smallest absolute Gasteiger partial charge is 0.262 e.